The molecule has 0 saturated heterocycles. The molecule has 2 aromatic heterocycles. The number of nitrogens with two attached hydrogens (primary N) is 2. The number of aromatic nitrogens is 4. The molecule has 1 aliphatic rings. The van der Waals surface area contributed by atoms with Gasteiger partial charge in [-0.1, -0.05) is 6.07 Å². The van der Waals surface area contributed by atoms with Crippen molar-refractivity contribution in [3.05, 3.63) is 36.2 Å². The van der Waals surface area contributed by atoms with E-state index in [2.05, 4.69) is 20.2 Å². The Morgan fingerprint density at radius 2 is 1.93 bits per heavy atom. The first kappa shape index (κ1) is 18.8. The number of benzene rings is 1. The van der Waals surface area contributed by atoms with Crippen LogP contribution in [0.5, 0.6) is 0 Å². The number of rotatable bonds is 4. The summed E-state index contributed by atoms with van der Waals surface area (Å²) >= 11 is 0. The van der Waals surface area contributed by atoms with E-state index in [-0.39, 0.29) is 17.0 Å². The minimum absolute atomic E-state index is 0.102. The quantitative estimate of drug-likeness (QED) is 0.603. The lowest BCUT2D eigenvalue weighted by Gasteiger charge is -2.36. The number of nitrogens with zero attached hydrogens (tertiary/aromatic N) is 4. The number of fused-ring (bicyclic) bond motifs is 1. The highest BCUT2D eigenvalue weighted by atomic mass is 32.2. The Hall–Kier alpha value is -2.56. The number of aromatic amines is 1. The standard InChI is InChI=1S/C18H23N7O2S/c1-11-2-5-15(8-16(11)28(20,26)27)25(14-6-3-13(19)4-7-14)18-21-9-12-10-22-24-17(12)23-18/h2,5,8-10,13-14H,3-4,6-7,19H2,1H3,(H2,20,26,27)(H,21,22,23,24). The summed E-state index contributed by atoms with van der Waals surface area (Å²) in [7, 11) is -3.84. The molecule has 0 aliphatic heterocycles. The molecule has 0 unspecified atom stereocenters. The van der Waals surface area contributed by atoms with Crippen LogP contribution in [0.1, 0.15) is 31.2 Å². The number of H-pyrrole nitrogens is 1. The molecule has 0 amide bonds. The number of nitrogens with one attached hydrogen (secondary N) is 1. The smallest absolute Gasteiger partial charge is 0.238 e. The van der Waals surface area contributed by atoms with Gasteiger partial charge in [-0.25, -0.2) is 18.5 Å². The van der Waals surface area contributed by atoms with Crippen LogP contribution in [-0.2, 0) is 10.0 Å². The highest BCUT2D eigenvalue weighted by Crippen LogP contribution is 2.34. The summed E-state index contributed by atoms with van der Waals surface area (Å²) in [5, 5.41) is 13.1. The van der Waals surface area contributed by atoms with Gasteiger partial charge < -0.3 is 10.6 Å². The number of sulfonamides is 1. The van der Waals surface area contributed by atoms with Crippen molar-refractivity contribution in [3.63, 3.8) is 0 Å². The molecule has 0 radical (unpaired) electrons. The Labute approximate surface area is 163 Å². The Morgan fingerprint density at radius 1 is 1.18 bits per heavy atom. The average Bonchev–Trinajstić information content (AvgIpc) is 3.12. The van der Waals surface area contributed by atoms with Gasteiger partial charge in [0.15, 0.2) is 5.65 Å². The van der Waals surface area contributed by atoms with E-state index in [0.717, 1.165) is 31.1 Å². The number of hydrogen-bond donors (Lipinski definition) is 3. The van der Waals surface area contributed by atoms with Gasteiger partial charge >= 0.3 is 0 Å². The molecule has 2 heterocycles. The van der Waals surface area contributed by atoms with E-state index in [9.17, 15) is 8.42 Å². The second-order valence-corrected chi connectivity index (χ2v) is 8.81. The zero-order chi connectivity index (χ0) is 19.9. The van der Waals surface area contributed by atoms with Gasteiger partial charge in [-0.3, -0.25) is 5.10 Å². The van der Waals surface area contributed by atoms with Crippen LogP contribution in [0.2, 0.25) is 0 Å². The molecule has 0 atom stereocenters. The summed E-state index contributed by atoms with van der Waals surface area (Å²) in [6, 6.07) is 5.52. The van der Waals surface area contributed by atoms with E-state index in [1.54, 1.807) is 31.5 Å². The SMILES string of the molecule is Cc1ccc(N(c2ncc3cn[nH]c3n2)C2CCC(N)CC2)cc1S(N)(=O)=O. The van der Waals surface area contributed by atoms with Crippen molar-refractivity contribution in [2.75, 3.05) is 4.90 Å². The molecule has 1 fully saturated rings. The summed E-state index contributed by atoms with van der Waals surface area (Å²) in [5.74, 6) is 0.487. The minimum atomic E-state index is -3.84. The predicted molar refractivity (Wildman–Crippen MR) is 107 cm³/mol. The second-order valence-electron chi connectivity index (χ2n) is 7.28. The normalized spacial score (nSPS) is 20.4. The van der Waals surface area contributed by atoms with Gasteiger partial charge in [0.25, 0.3) is 0 Å². The first-order valence-corrected chi connectivity index (χ1v) is 10.7. The fourth-order valence-corrected chi connectivity index (χ4v) is 4.54. The highest BCUT2D eigenvalue weighted by Gasteiger charge is 2.28. The van der Waals surface area contributed by atoms with Crippen molar-refractivity contribution in [3.8, 4) is 0 Å². The third-order valence-electron chi connectivity index (χ3n) is 5.26. The van der Waals surface area contributed by atoms with Crippen molar-refractivity contribution in [1.29, 1.82) is 0 Å². The lowest BCUT2D eigenvalue weighted by molar-refractivity contribution is 0.389. The van der Waals surface area contributed by atoms with Gasteiger partial charge in [0.05, 0.1) is 16.5 Å². The van der Waals surface area contributed by atoms with Crippen LogP contribution in [0.4, 0.5) is 11.6 Å². The van der Waals surface area contributed by atoms with E-state index in [1.807, 2.05) is 11.0 Å². The lowest BCUT2D eigenvalue weighted by Crippen LogP contribution is -2.39. The fourth-order valence-electron chi connectivity index (χ4n) is 3.74. The summed E-state index contributed by atoms with van der Waals surface area (Å²) in [6.45, 7) is 1.72. The summed E-state index contributed by atoms with van der Waals surface area (Å²) < 4.78 is 24.0. The van der Waals surface area contributed by atoms with Crippen molar-refractivity contribution in [2.24, 2.45) is 10.9 Å². The zero-order valence-electron chi connectivity index (χ0n) is 15.5. The van der Waals surface area contributed by atoms with Crippen LogP contribution in [0, 0.1) is 6.92 Å². The van der Waals surface area contributed by atoms with Crippen LogP contribution in [-0.4, -0.2) is 40.7 Å². The van der Waals surface area contributed by atoms with E-state index >= 15 is 0 Å². The monoisotopic (exact) mass is 401 g/mol. The summed E-state index contributed by atoms with van der Waals surface area (Å²) in [5.41, 5.74) is 7.99. The molecular weight excluding hydrogens is 378 g/mol. The molecule has 5 N–H and O–H groups in total. The zero-order valence-corrected chi connectivity index (χ0v) is 16.4. The van der Waals surface area contributed by atoms with E-state index in [1.165, 1.54) is 0 Å². The van der Waals surface area contributed by atoms with Crippen LogP contribution >= 0.6 is 0 Å². The molecule has 1 aromatic carbocycles. The van der Waals surface area contributed by atoms with E-state index in [0.29, 0.717) is 22.8 Å². The summed E-state index contributed by atoms with van der Waals surface area (Å²) in [6.07, 6.45) is 6.88. The molecule has 4 rings (SSSR count). The topological polar surface area (TPSA) is 144 Å². The third kappa shape index (κ3) is 3.58. The molecule has 10 heteroatoms. The molecule has 28 heavy (non-hydrogen) atoms. The molecule has 0 spiro atoms. The molecule has 1 saturated carbocycles. The molecular formula is C18H23N7O2S. The van der Waals surface area contributed by atoms with Crippen molar-refractivity contribution < 1.29 is 8.42 Å². The number of primary sulfonamides is 1. The molecule has 3 aromatic rings. The Morgan fingerprint density at radius 3 is 2.64 bits per heavy atom. The average molecular weight is 401 g/mol. The Kier molecular flexibility index (Phi) is 4.77. The largest absolute Gasteiger partial charge is 0.328 e. The number of anilines is 2. The van der Waals surface area contributed by atoms with Gasteiger partial charge in [-0.15, -0.1) is 0 Å². The van der Waals surface area contributed by atoms with Gasteiger partial charge in [-0.05, 0) is 50.3 Å². The van der Waals surface area contributed by atoms with Crippen molar-refractivity contribution in [1.82, 2.24) is 20.2 Å². The maximum absolute atomic E-state index is 12.0. The van der Waals surface area contributed by atoms with Gasteiger partial charge in [0.1, 0.15) is 0 Å². The number of hydrogen-bond acceptors (Lipinski definition) is 7. The molecule has 148 valence electrons. The van der Waals surface area contributed by atoms with Gasteiger partial charge in [0.2, 0.25) is 16.0 Å². The van der Waals surface area contributed by atoms with Crippen LogP contribution in [0.25, 0.3) is 11.0 Å². The fraction of sp³-hybridized carbons (Fsp3) is 0.389. The Bertz CT molecular complexity index is 1100. The van der Waals surface area contributed by atoms with Crippen LogP contribution in [0.3, 0.4) is 0 Å². The minimum Gasteiger partial charge on any atom is -0.328 e. The first-order chi connectivity index (χ1) is 13.3. The molecule has 1 aliphatic carbocycles. The highest BCUT2D eigenvalue weighted by molar-refractivity contribution is 7.89. The van der Waals surface area contributed by atoms with Gasteiger partial charge in [-0.2, -0.15) is 10.1 Å². The van der Waals surface area contributed by atoms with Crippen LogP contribution in [0.15, 0.2) is 35.5 Å². The Balaban J connectivity index is 1.83. The van der Waals surface area contributed by atoms with Crippen molar-refractivity contribution >= 4 is 32.7 Å². The lowest BCUT2D eigenvalue weighted by atomic mass is 9.90. The molecule has 9 nitrogen and oxygen atoms in total. The van der Waals surface area contributed by atoms with Crippen LogP contribution < -0.4 is 15.8 Å². The van der Waals surface area contributed by atoms with E-state index in [4.69, 9.17) is 10.9 Å². The summed E-state index contributed by atoms with van der Waals surface area (Å²) in [4.78, 5) is 11.2. The predicted octanol–water partition coefficient (Wildman–Crippen LogP) is 1.72. The second kappa shape index (κ2) is 7.12. The molecule has 0 bridgehead atoms. The third-order valence-corrected chi connectivity index (χ3v) is 6.31. The maximum Gasteiger partial charge on any atom is 0.238 e. The van der Waals surface area contributed by atoms with E-state index < -0.39 is 10.0 Å². The maximum atomic E-state index is 12.0. The number of aryl methyl sites for hydroxylation is 1. The van der Waals surface area contributed by atoms with Crippen molar-refractivity contribution in [2.45, 2.75) is 49.6 Å². The van der Waals surface area contributed by atoms with Gasteiger partial charge in [0, 0.05) is 24.0 Å². The first-order valence-electron chi connectivity index (χ1n) is 9.17.